The first-order valence-electron chi connectivity index (χ1n) is 18.9. The molecular formula is C41H61N3O4. The fourth-order valence-electron chi connectivity index (χ4n) is 12.9. The molecule has 0 spiro atoms. The molecule has 5 aliphatic carbocycles. The van der Waals surface area contributed by atoms with Crippen molar-refractivity contribution in [1.82, 2.24) is 16.0 Å². The van der Waals surface area contributed by atoms with Crippen LogP contribution in [0.3, 0.4) is 0 Å². The minimum Gasteiger partial charge on any atom is -0.393 e. The minimum absolute atomic E-state index is 0.0431. The number of allylic oxidation sites excluding steroid dienone is 1. The molecule has 1 aromatic rings. The molecular weight excluding hydrogens is 598 g/mol. The first-order chi connectivity index (χ1) is 22.6. The number of aliphatic hydroxyl groups excluding tert-OH is 1. The number of nitrogens with one attached hydrogen (secondary N) is 3. The quantitative estimate of drug-likeness (QED) is 0.182. The zero-order valence-corrected chi connectivity index (χ0v) is 30.4. The van der Waals surface area contributed by atoms with E-state index in [0.717, 1.165) is 44.1 Å². The smallest absolute Gasteiger partial charge is 0.251 e. The molecule has 4 N–H and O–H groups in total. The summed E-state index contributed by atoms with van der Waals surface area (Å²) in [7, 11) is 0. The van der Waals surface area contributed by atoms with Gasteiger partial charge in [0.05, 0.1) is 11.5 Å². The maximum absolute atomic E-state index is 14.5. The van der Waals surface area contributed by atoms with Gasteiger partial charge in [0.2, 0.25) is 11.8 Å². The lowest BCUT2D eigenvalue weighted by Crippen LogP contribution is -2.64. The number of hydrogen-bond donors (Lipinski definition) is 4. The fraction of sp³-hybridized carbons (Fsp3) is 0.732. The average Bonchev–Trinajstić information content (AvgIpc) is 3.45. The number of carbonyl (C=O) groups is 3. The summed E-state index contributed by atoms with van der Waals surface area (Å²) < 4.78 is 0. The molecule has 0 radical (unpaired) electrons. The van der Waals surface area contributed by atoms with Gasteiger partial charge in [-0.1, -0.05) is 52.0 Å². The molecule has 0 aliphatic heterocycles. The van der Waals surface area contributed by atoms with Gasteiger partial charge in [-0.25, -0.2) is 0 Å². The monoisotopic (exact) mass is 659 g/mol. The van der Waals surface area contributed by atoms with Crippen LogP contribution in [0.15, 0.2) is 36.4 Å². The van der Waals surface area contributed by atoms with Crippen LogP contribution in [0, 0.1) is 57.2 Å². The third-order valence-corrected chi connectivity index (χ3v) is 15.1. The van der Waals surface area contributed by atoms with Crippen LogP contribution in [0.25, 0.3) is 0 Å². The summed E-state index contributed by atoms with van der Waals surface area (Å²) in [4.78, 5) is 38.4. The number of amides is 3. The van der Waals surface area contributed by atoms with E-state index in [4.69, 9.17) is 0 Å². The Morgan fingerprint density at radius 2 is 1.54 bits per heavy atom. The third-order valence-electron chi connectivity index (χ3n) is 15.1. The SMILES string of the molecule is C=C(C)C1CCC2(C(=O)NCc3cccc(C(=O)NCCNC(C)=O)c3)CCC3C(CCC4C3(C)CCC3C(C)(C)C(O)CCC34C)C12. The van der Waals surface area contributed by atoms with Gasteiger partial charge in [0.15, 0.2) is 0 Å². The van der Waals surface area contributed by atoms with Gasteiger partial charge in [0.25, 0.3) is 5.91 Å². The number of rotatable bonds is 8. The van der Waals surface area contributed by atoms with Crippen molar-refractivity contribution in [2.24, 2.45) is 57.2 Å². The number of fused-ring (bicyclic) bond motifs is 7. The molecule has 48 heavy (non-hydrogen) atoms. The molecule has 10 atom stereocenters. The summed E-state index contributed by atoms with van der Waals surface area (Å²) in [6.45, 7) is 19.1. The maximum Gasteiger partial charge on any atom is 0.251 e. The molecule has 6 rings (SSSR count). The lowest BCUT2D eigenvalue weighted by atomic mass is 9.36. The molecule has 7 nitrogen and oxygen atoms in total. The Morgan fingerprint density at radius 3 is 2.27 bits per heavy atom. The summed E-state index contributed by atoms with van der Waals surface area (Å²) >= 11 is 0. The number of aliphatic hydroxyl groups is 1. The van der Waals surface area contributed by atoms with E-state index in [2.05, 4.69) is 57.1 Å². The zero-order chi connectivity index (χ0) is 34.6. The Balaban J connectivity index is 1.19. The van der Waals surface area contributed by atoms with E-state index in [0.29, 0.717) is 60.7 Å². The highest BCUT2D eigenvalue weighted by molar-refractivity contribution is 5.94. The van der Waals surface area contributed by atoms with E-state index < -0.39 is 0 Å². The highest BCUT2D eigenvalue weighted by Crippen LogP contribution is 2.73. The fourth-order valence-corrected chi connectivity index (χ4v) is 12.9. The highest BCUT2D eigenvalue weighted by Gasteiger charge is 2.68. The second-order valence-electron chi connectivity index (χ2n) is 17.7. The third kappa shape index (κ3) is 5.74. The van der Waals surface area contributed by atoms with Crippen molar-refractivity contribution in [3.05, 3.63) is 47.5 Å². The van der Waals surface area contributed by atoms with Gasteiger partial charge >= 0.3 is 0 Å². The van der Waals surface area contributed by atoms with Crippen molar-refractivity contribution in [1.29, 1.82) is 0 Å². The van der Waals surface area contributed by atoms with Crippen LogP contribution >= 0.6 is 0 Å². The van der Waals surface area contributed by atoms with Crippen molar-refractivity contribution in [3.63, 3.8) is 0 Å². The van der Waals surface area contributed by atoms with Crippen molar-refractivity contribution in [3.8, 4) is 0 Å². The lowest BCUT2D eigenvalue weighted by Gasteiger charge is -2.69. The molecule has 7 heteroatoms. The normalized spacial score (nSPS) is 39.5. The minimum atomic E-state index is -0.370. The Morgan fingerprint density at radius 1 is 0.833 bits per heavy atom. The van der Waals surface area contributed by atoms with Crippen molar-refractivity contribution >= 4 is 17.7 Å². The van der Waals surface area contributed by atoms with Crippen LogP contribution in [0.4, 0.5) is 0 Å². The van der Waals surface area contributed by atoms with E-state index in [-0.39, 0.29) is 45.5 Å². The second kappa shape index (κ2) is 12.9. The predicted octanol–water partition coefficient (Wildman–Crippen LogP) is 6.80. The van der Waals surface area contributed by atoms with Crippen molar-refractivity contribution in [2.75, 3.05) is 13.1 Å². The predicted molar refractivity (Wildman–Crippen MR) is 190 cm³/mol. The van der Waals surface area contributed by atoms with Crippen LogP contribution in [0.5, 0.6) is 0 Å². The van der Waals surface area contributed by atoms with Crippen molar-refractivity contribution in [2.45, 2.75) is 118 Å². The summed E-state index contributed by atoms with van der Waals surface area (Å²) in [6, 6.07) is 7.47. The molecule has 5 fully saturated rings. The molecule has 0 heterocycles. The van der Waals surface area contributed by atoms with E-state index in [9.17, 15) is 19.5 Å². The molecule has 264 valence electrons. The van der Waals surface area contributed by atoms with Gasteiger partial charge in [-0.15, -0.1) is 0 Å². The number of benzene rings is 1. The standard InChI is InChI=1S/C41H61N3O4/c1-25(2)29-13-19-41(37(48)44-24-27-9-8-10-28(23-27)36(47)43-22-21-42-26(3)45)20-14-31-30(35(29)41)11-12-33-39(31,6)17-15-32-38(4,5)34(46)16-18-40(32,33)7/h8-10,23,29-35,46H,1,11-22,24H2,2-7H3,(H,42,45)(H,43,47)(H,44,48). The Hall–Kier alpha value is -2.67. The molecule has 0 saturated heterocycles. The van der Waals surface area contributed by atoms with Crippen LogP contribution in [-0.4, -0.2) is 42.0 Å². The van der Waals surface area contributed by atoms with E-state index in [1.54, 1.807) is 6.07 Å². The van der Waals surface area contributed by atoms with Crippen LogP contribution in [0.2, 0.25) is 0 Å². The van der Waals surface area contributed by atoms with Crippen LogP contribution in [0.1, 0.15) is 122 Å². The van der Waals surface area contributed by atoms with Gasteiger partial charge in [0, 0.05) is 32.1 Å². The van der Waals surface area contributed by atoms with E-state index in [1.165, 1.54) is 38.2 Å². The summed E-state index contributed by atoms with van der Waals surface area (Å²) in [5, 5.41) is 19.9. The zero-order valence-electron chi connectivity index (χ0n) is 30.4. The first kappa shape index (κ1) is 35.2. The molecule has 10 unspecified atom stereocenters. The second-order valence-corrected chi connectivity index (χ2v) is 17.7. The van der Waals surface area contributed by atoms with Gasteiger partial charge in [-0.05, 0) is 141 Å². The topological polar surface area (TPSA) is 108 Å². The largest absolute Gasteiger partial charge is 0.393 e. The van der Waals surface area contributed by atoms with Gasteiger partial charge < -0.3 is 21.1 Å². The molecule has 5 saturated carbocycles. The van der Waals surface area contributed by atoms with Crippen LogP contribution < -0.4 is 16.0 Å². The Kier molecular flexibility index (Phi) is 9.45. The van der Waals surface area contributed by atoms with E-state index in [1.807, 2.05) is 18.2 Å². The number of hydrogen-bond acceptors (Lipinski definition) is 4. The number of carbonyl (C=O) groups excluding carboxylic acids is 3. The highest BCUT2D eigenvalue weighted by atomic mass is 16.3. The average molecular weight is 660 g/mol. The molecule has 0 aromatic heterocycles. The Labute approximate surface area is 288 Å². The summed E-state index contributed by atoms with van der Waals surface area (Å²) in [5.41, 5.74) is 2.80. The van der Waals surface area contributed by atoms with Gasteiger partial charge in [0.1, 0.15) is 0 Å². The maximum atomic E-state index is 14.5. The lowest BCUT2D eigenvalue weighted by molar-refractivity contribution is -0.216. The summed E-state index contributed by atoms with van der Waals surface area (Å²) in [5.74, 6) is 2.94. The van der Waals surface area contributed by atoms with E-state index >= 15 is 0 Å². The summed E-state index contributed by atoms with van der Waals surface area (Å²) in [6.07, 6.45) is 10.7. The molecule has 5 aliphatic rings. The molecule has 3 amide bonds. The molecule has 0 bridgehead atoms. The van der Waals surface area contributed by atoms with Gasteiger partial charge in [-0.2, -0.15) is 0 Å². The first-order valence-corrected chi connectivity index (χ1v) is 18.9. The Bertz CT molecular complexity index is 1440. The molecule has 1 aromatic carbocycles. The van der Waals surface area contributed by atoms with Gasteiger partial charge in [-0.3, -0.25) is 14.4 Å². The van der Waals surface area contributed by atoms with Crippen LogP contribution in [-0.2, 0) is 16.1 Å². The van der Waals surface area contributed by atoms with Crippen molar-refractivity contribution < 1.29 is 19.5 Å².